The molecule has 1 aliphatic carbocycles. The summed E-state index contributed by atoms with van der Waals surface area (Å²) >= 11 is 0. The van der Waals surface area contributed by atoms with Crippen LogP contribution in [0.1, 0.15) is 45.4 Å². The number of ether oxygens (including phenoxy) is 1. The average molecular weight is 449 g/mol. The van der Waals surface area contributed by atoms with Crippen molar-refractivity contribution in [3.8, 4) is 22.9 Å². The second-order valence-corrected chi connectivity index (χ2v) is 8.26. The van der Waals surface area contributed by atoms with Crippen LogP contribution in [0, 0.1) is 0 Å². The predicted molar refractivity (Wildman–Crippen MR) is 124 cm³/mol. The van der Waals surface area contributed by atoms with Gasteiger partial charge in [-0.3, -0.25) is 4.79 Å². The maximum Gasteiger partial charge on any atom is 0.319 e. The van der Waals surface area contributed by atoms with Gasteiger partial charge in [0.25, 0.3) is 0 Å². The number of hydrogen-bond acceptors (Lipinski definition) is 6. The number of esters is 1. The van der Waals surface area contributed by atoms with Crippen LogP contribution in [0.15, 0.2) is 59.0 Å². The number of urea groups is 1. The topological polar surface area (TPSA) is 106 Å². The summed E-state index contributed by atoms with van der Waals surface area (Å²) in [4.78, 5) is 25.0. The van der Waals surface area contributed by atoms with E-state index in [4.69, 9.17) is 9.15 Å². The fraction of sp³-hybridized carbons (Fsp3) is 0.360. The third kappa shape index (κ3) is 5.77. The summed E-state index contributed by atoms with van der Waals surface area (Å²) in [7, 11) is 0. The third-order valence-corrected chi connectivity index (χ3v) is 5.79. The maximum absolute atomic E-state index is 12.8. The molecule has 0 bridgehead atoms. The number of anilines is 1. The zero-order valence-electron chi connectivity index (χ0n) is 18.7. The van der Waals surface area contributed by atoms with Gasteiger partial charge in [-0.25, -0.2) is 4.79 Å². The van der Waals surface area contributed by atoms with E-state index in [1.807, 2.05) is 42.5 Å². The van der Waals surface area contributed by atoms with E-state index in [2.05, 4.69) is 20.8 Å². The van der Waals surface area contributed by atoms with Crippen molar-refractivity contribution in [2.45, 2.75) is 51.0 Å². The molecule has 0 spiro atoms. The number of benzene rings is 2. The number of hydrogen-bond donors (Lipinski definition) is 2. The number of rotatable bonds is 7. The Morgan fingerprint density at radius 1 is 0.970 bits per heavy atom. The van der Waals surface area contributed by atoms with E-state index in [0.29, 0.717) is 29.6 Å². The minimum atomic E-state index is -0.580. The van der Waals surface area contributed by atoms with Gasteiger partial charge < -0.3 is 19.8 Å². The highest BCUT2D eigenvalue weighted by Crippen LogP contribution is 2.32. The molecule has 1 aromatic heterocycles. The summed E-state index contributed by atoms with van der Waals surface area (Å²) in [6.07, 6.45) is 4.73. The van der Waals surface area contributed by atoms with E-state index in [0.717, 1.165) is 37.7 Å². The molecule has 0 radical (unpaired) electrons. The second kappa shape index (κ2) is 10.3. The molecular formula is C25H28N4O4. The molecule has 0 saturated heterocycles. The molecule has 0 unspecified atom stereocenters. The van der Waals surface area contributed by atoms with Crippen molar-refractivity contribution in [2.24, 2.45) is 0 Å². The van der Waals surface area contributed by atoms with Crippen molar-refractivity contribution < 1.29 is 18.7 Å². The van der Waals surface area contributed by atoms with Crippen LogP contribution in [0.2, 0.25) is 0 Å². The Balaban J connectivity index is 1.45. The lowest BCUT2D eigenvalue weighted by Crippen LogP contribution is -2.52. The van der Waals surface area contributed by atoms with Gasteiger partial charge in [0, 0.05) is 16.8 Å². The standard InChI is InChI=1S/C25H28N4O4/c1-2-32-21(30)17-25(14-7-4-8-15-25)27-24(31)26-20-13-9-12-19(16-20)23-29-28-22(33-23)18-10-5-3-6-11-18/h3,5-6,9-13,16H,2,4,7-8,14-15,17H2,1H3,(H2,26,27,31). The number of aromatic nitrogens is 2. The number of carbonyl (C=O) groups excluding carboxylic acids is 2. The van der Waals surface area contributed by atoms with Gasteiger partial charge in [0.1, 0.15) is 0 Å². The number of carbonyl (C=O) groups is 2. The smallest absolute Gasteiger partial charge is 0.319 e. The molecule has 0 aliphatic heterocycles. The summed E-state index contributed by atoms with van der Waals surface area (Å²) in [5, 5.41) is 14.2. The van der Waals surface area contributed by atoms with Crippen LogP contribution in [-0.2, 0) is 9.53 Å². The van der Waals surface area contributed by atoms with Gasteiger partial charge in [-0.2, -0.15) is 0 Å². The van der Waals surface area contributed by atoms with E-state index in [1.165, 1.54) is 0 Å². The van der Waals surface area contributed by atoms with Gasteiger partial charge in [-0.1, -0.05) is 43.5 Å². The summed E-state index contributed by atoms with van der Waals surface area (Å²) < 4.78 is 11.0. The fourth-order valence-corrected chi connectivity index (χ4v) is 4.23. The first kappa shape index (κ1) is 22.5. The van der Waals surface area contributed by atoms with Gasteiger partial charge in [0.05, 0.1) is 18.6 Å². The molecule has 2 N–H and O–H groups in total. The summed E-state index contributed by atoms with van der Waals surface area (Å²) in [5.74, 6) is 0.510. The molecular weight excluding hydrogens is 420 g/mol. The van der Waals surface area contributed by atoms with E-state index in [-0.39, 0.29) is 18.4 Å². The lowest BCUT2D eigenvalue weighted by atomic mass is 9.79. The maximum atomic E-state index is 12.8. The molecule has 2 aromatic carbocycles. The van der Waals surface area contributed by atoms with Gasteiger partial charge in [0.2, 0.25) is 11.8 Å². The molecule has 4 rings (SSSR count). The monoisotopic (exact) mass is 448 g/mol. The molecule has 172 valence electrons. The average Bonchev–Trinajstić information content (AvgIpc) is 3.31. The normalized spacial score (nSPS) is 14.9. The first-order valence-corrected chi connectivity index (χ1v) is 11.3. The van der Waals surface area contributed by atoms with Crippen molar-refractivity contribution in [1.82, 2.24) is 15.5 Å². The Bertz CT molecular complexity index is 1090. The van der Waals surface area contributed by atoms with Crippen LogP contribution in [-0.4, -0.2) is 34.3 Å². The molecule has 1 heterocycles. The molecule has 1 fully saturated rings. The van der Waals surface area contributed by atoms with Crippen LogP contribution >= 0.6 is 0 Å². The zero-order chi connectivity index (χ0) is 23.1. The molecule has 3 aromatic rings. The van der Waals surface area contributed by atoms with Crippen LogP contribution < -0.4 is 10.6 Å². The molecule has 8 heteroatoms. The summed E-state index contributed by atoms with van der Waals surface area (Å²) in [5.41, 5.74) is 1.54. The van der Waals surface area contributed by atoms with Crippen LogP contribution in [0.4, 0.5) is 10.5 Å². The van der Waals surface area contributed by atoms with E-state index >= 15 is 0 Å². The highest BCUT2D eigenvalue weighted by molar-refractivity contribution is 5.91. The Hall–Kier alpha value is -3.68. The highest BCUT2D eigenvalue weighted by Gasteiger charge is 2.36. The van der Waals surface area contributed by atoms with Crippen LogP contribution in [0.5, 0.6) is 0 Å². The van der Waals surface area contributed by atoms with Gasteiger partial charge in [0.15, 0.2) is 0 Å². The van der Waals surface area contributed by atoms with Crippen molar-refractivity contribution in [3.05, 3.63) is 54.6 Å². The fourth-order valence-electron chi connectivity index (χ4n) is 4.23. The van der Waals surface area contributed by atoms with Crippen molar-refractivity contribution in [2.75, 3.05) is 11.9 Å². The number of nitrogens with one attached hydrogen (secondary N) is 2. The van der Waals surface area contributed by atoms with Gasteiger partial charge >= 0.3 is 12.0 Å². The first-order chi connectivity index (χ1) is 16.1. The lowest BCUT2D eigenvalue weighted by Gasteiger charge is -2.37. The summed E-state index contributed by atoms with van der Waals surface area (Å²) in [6.45, 7) is 2.11. The third-order valence-electron chi connectivity index (χ3n) is 5.79. The van der Waals surface area contributed by atoms with E-state index in [1.54, 1.807) is 19.1 Å². The minimum absolute atomic E-state index is 0.179. The molecule has 0 atom stereocenters. The predicted octanol–water partition coefficient (Wildman–Crippen LogP) is 5.18. The molecule has 8 nitrogen and oxygen atoms in total. The largest absolute Gasteiger partial charge is 0.466 e. The van der Waals surface area contributed by atoms with Crippen molar-refractivity contribution in [3.63, 3.8) is 0 Å². The van der Waals surface area contributed by atoms with Gasteiger partial charge in [-0.05, 0) is 50.1 Å². The second-order valence-electron chi connectivity index (χ2n) is 8.26. The SMILES string of the molecule is CCOC(=O)CC1(NC(=O)Nc2cccc(-c3nnc(-c4ccccc4)o3)c2)CCCCC1. The Morgan fingerprint density at radius 3 is 2.39 bits per heavy atom. The quantitative estimate of drug-likeness (QED) is 0.482. The van der Waals surface area contributed by atoms with E-state index in [9.17, 15) is 9.59 Å². The lowest BCUT2D eigenvalue weighted by molar-refractivity contribution is -0.145. The number of amides is 2. The van der Waals surface area contributed by atoms with Crippen molar-refractivity contribution in [1.29, 1.82) is 0 Å². The Labute approximate surface area is 192 Å². The molecule has 1 aliphatic rings. The molecule has 1 saturated carbocycles. The first-order valence-electron chi connectivity index (χ1n) is 11.3. The summed E-state index contributed by atoms with van der Waals surface area (Å²) in [6, 6.07) is 16.4. The number of nitrogens with zero attached hydrogens (tertiary/aromatic N) is 2. The molecule has 2 amide bonds. The highest BCUT2D eigenvalue weighted by atomic mass is 16.5. The molecule has 33 heavy (non-hydrogen) atoms. The van der Waals surface area contributed by atoms with E-state index < -0.39 is 5.54 Å². The zero-order valence-corrected chi connectivity index (χ0v) is 18.7. The Kier molecular flexibility index (Phi) is 7.02. The van der Waals surface area contributed by atoms with Gasteiger partial charge in [-0.15, -0.1) is 10.2 Å². The van der Waals surface area contributed by atoms with Crippen LogP contribution in [0.25, 0.3) is 22.9 Å². The Morgan fingerprint density at radius 2 is 1.67 bits per heavy atom. The van der Waals surface area contributed by atoms with Crippen LogP contribution in [0.3, 0.4) is 0 Å². The van der Waals surface area contributed by atoms with Crippen molar-refractivity contribution >= 4 is 17.7 Å². The minimum Gasteiger partial charge on any atom is -0.466 e.